The Labute approximate surface area is 127 Å². The van der Waals surface area contributed by atoms with Gasteiger partial charge in [-0.15, -0.1) is 0 Å². The number of ketones is 1. The third-order valence-corrected chi connectivity index (χ3v) is 6.29. The van der Waals surface area contributed by atoms with E-state index in [0.717, 1.165) is 36.4 Å². The van der Waals surface area contributed by atoms with E-state index in [2.05, 4.69) is 4.98 Å². The summed E-state index contributed by atoms with van der Waals surface area (Å²) in [6.07, 6.45) is 14.5. The Morgan fingerprint density at radius 1 is 1.24 bits per heavy atom. The van der Waals surface area contributed by atoms with Crippen LogP contribution in [-0.4, -0.2) is 15.3 Å². The molecule has 4 fully saturated rings. The van der Waals surface area contributed by atoms with Gasteiger partial charge in [-0.3, -0.25) is 4.79 Å². The zero-order valence-electron chi connectivity index (χ0n) is 13.1. The topological polar surface area (TPSA) is 34.9 Å². The van der Waals surface area contributed by atoms with Gasteiger partial charge in [-0.1, -0.05) is 0 Å². The predicted octanol–water partition coefficient (Wildman–Crippen LogP) is 3.53. The molecule has 4 saturated carbocycles. The molecule has 4 bridgehead atoms. The Balaban J connectivity index is 1.37. The number of nitrogens with zero attached hydrogens (tertiary/aromatic N) is 2. The van der Waals surface area contributed by atoms with Gasteiger partial charge in [0.15, 0.2) is 0 Å². The monoisotopic (exact) mass is 286 g/mol. The van der Waals surface area contributed by atoms with Gasteiger partial charge in [-0.2, -0.15) is 0 Å². The highest BCUT2D eigenvalue weighted by molar-refractivity contribution is 5.79. The van der Waals surface area contributed by atoms with Crippen LogP contribution in [0.1, 0.15) is 57.2 Å². The molecule has 5 rings (SSSR count). The lowest BCUT2D eigenvalue weighted by Gasteiger charge is -2.56. The molecule has 0 saturated heterocycles. The molecule has 0 aliphatic heterocycles. The lowest BCUT2D eigenvalue weighted by molar-refractivity contribution is -0.127. The second-order valence-corrected chi connectivity index (χ2v) is 8.09. The molecule has 0 unspecified atom stereocenters. The first-order valence-corrected chi connectivity index (χ1v) is 8.60. The number of aromatic nitrogens is 2. The normalized spacial score (nSPS) is 37.1. The summed E-state index contributed by atoms with van der Waals surface area (Å²) in [5.41, 5.74) is 0.396. The van der Waals surface area contributed by atoms with Gasteiger partial charge < -0.3 is 4.57 Å². The third kappa shape index (κ3) is 2.56. The average molecular weight is 286 g/mol. The molecular weight excluding hydrogens is 260 g/mol. The maximum atomic E-state index is 12.5. The maximum Gasteiger partial charge on any atom is 0.133 e. The Morgan fingerprint density at radius 3 is 2.38 bits per heavy atom. The number of carbonyl (C=O) groups is 1. The van der Waals surface area contributed by atoms with Gasteiger partial charge in [0.1, 0.15) is 11.6 Å². The molecule has 1 aromatic rings. The predicted molar refractivity (Wildman–Crippen MR) is 81.8 cm³/mol. The highest BCUT2D eigenvalue weighted by Gasteiger charge is 2.51. The van der Waals surface area contributed by atoms with Gasteiger partial charge in [-0.25, -0.2) is 4.98 Å². The zero-order chi connectivity index (χ0) is 14.4. The minimum absolute atomic E-state index is 0.396. The summed E-state index contributed by atoms with van der Waals surface area (Å²) in [6.45, 7) is 0. The SMILES string of the molecule is Cn1ccnc1CCC(=O)CC12CC3CC(CC(C3)C1)C2. The van der Waals surface area contributed by atoms with Crippen LogP contribution >= 0.6 is 0 Å². The second-order valence-electron chi connectivity index (χ2n) is 8.09. The van der Waals surface area contributed by atoms with E-state index in [9.17, 15) is 4.79 Å². The van der Waals surface area contributed by atoms with E-state index in [-0.39, 0.29) is 0 Å². The van der Waals surface area contributed by atoms with Crippen LogP contribution in [0.15, 0.2) is 12.4 Å². The lowest BCUT2D eigenvalue weighted by Crippen LogP contribution is -2.46. The first-order valence-electron chi connectivity index (χ1n) is 8.60. The summed E-state index contributed by atoms with van der Waals surface area (Å²) in [4.78, 5) is 16.8. The Hall–Kier alpha value is -1.12. The van der Waals surface area contributed by atoms with Crippen LogP contribution < -0.4 is 0 Å². The average Bonchev–Trinajstić information content (AvgIpc) is 2.79. The van der Waals surface area contributed by atoms with Crippen molar-refractivity contribution < 1.29 is 4.79 Å². The highest BCUT2D eigenvalue weighted by Crippen LogP contribution is 2.61. The number of Topliss-reactive ketones (excluding diaryl/α,β-unsaturated/α-hetero) is 1. The molecule has 0 spiro atoms. The molecule has 21 heavy (non-hydrogen) atoms. The molecular formula is C18H26N2O. The van der Waals surface area contributed by atoms with Crippen LogP contribution in [0.4, 0.5) is 0 Å². The molecule has 0 N–H and O–H groups in total. The van der Waals surface area contributed by atoms with Gasteiger partial charge in [0.2, 0.25) is 0 Å². The molecule has 3 nitrogen and oxygen atoms in total. The van der Waals surface area contributed by atoms with Crippen LogP contribution in [-0.2, 0) is 18.3 Å². The highest BCUT2D eigenvalue weighted by atomic mass is 16.1. The van der Waals surface area contributed by atoms with Crippen LogP contribution in [0.5, 0.6) is 0 Å². The van der Waals surface area contributed by atoms with Crippen LogP contribution in [0, 0.1) is 23.2 Å². The Bertz CT molecular complexity index is 510. The van der Waals surface area contributed by atoms with Crippen molar-refractivity contribution in [2.45, 2.75) is 57.8 Å². The van der Waals surface area contributed by atoms with Crippen molar-refractivity contribution in [2.24, 2.45) is 30.2 Å². The summed E-state index contributed by atoms with van der Waals surface area (Å²) < 4.78 is 2.03. The minimum Gasteiger partial charge on any atom is -0.338 e. The van der Waals surface area contributed by atoms with Crippen LogP contribution in [0.2, 0.25) is 0 Å². The van der Waals surface area contributed by atoms with E-state index >= 15 is 0 Å². The fourth-order valence-corrected chi connectivity index (χ4v) is 5.90. The number of carbonyl (C=O) groups excluding carboxylic acids is 1. The first-order chi connectivity index (χ1) is 10.1. The van der Waals surface area contributed by atoms with E-state index in [1.54, 1.807) is 0 Å². The number of hydrogen-bond acceptors (Lipinski definition) is 2. The third-order valence-electron chi connectivity index (χ3n) is 6.29. The Kier molecular flexibility index (Phi) is 3.20. The van der Waals surface area contributed by atoms with Crippen molar-refractivity contribution in [1.82, 2.24) is 9.55 Å². The fourth-order valence-electron chi connectivity index (χ4n) is 5.90. The van der Waals surface area contributed by atoms with Crippen molar-refractivity contribution in [2.75, 3.05) is 0 Å². The van der Waals surface area contributed by atoms with Crippen molar-refractivity contribution in [3.8, 4) is 0 Å². The Morgan fingerprint density at radius 2 is 1.86 bits per heavy atom. The molecule has 0 aromatic carbocycles. The van der Waals surface area contributed by atoms with Gasteiger partial charge >= 0.3 is 0 Å². The minimum atomic E-state index is 0.396. The number of hydrogen-bond donors (Lipinski definition) is 0. The molecule has 0 radical (unpaired) electrons. The molecule has 0 amide bonds. The van der Waals surface area contributed by atoms with Crippen LogP contribution in [0.3, 0.4) is 0 Å². The zero-order valence-corrected chi connectivity index (χ0v) is 13.1. The summed E-state index contributed by atoms with van der Waals surface area (Å²) in [6, 6.07) is 0. The van der Waals surface area contributed by atoms with Gasteiger partial charge in [0.05, 0.1) is 0 Å². The quantitative estimate of drug-likeness (QED) is 0.830. The van der Waals surface area contributed by atoms with Crippen molar-refractivity contribution in [3.05, 3.63) is 18.2 Å². The second kappa shape index (κ2) is 4.96. The molecule has 3 heteroatoms. The summed E-state index contributed by atoms with van der Waals surface area (Å²) in [5, 5.41) is 0. The number of imidazole rings is 1. The van der Waals surface area contributed by atoms with E-state index < -0.39 is 0 Å². The standard InChI is InChI=1S/C18H26N2O/c1-20-5-4-19-17(20)3-2-16(21)12-18-9-13-6-14(10-18)8-15(7-13)11-18/h4-5,13-15H,2-3,6-12H2,1H3. The summed E-state index contributed by atoms with van der Waals surface area (Å²) in [7, 11) is 2.01. The molecule has 1 heterocycles. The number of aryl methyl sites for hydroxylation is 2. The molecule has 4 aliphatic rings. The smallest absolute Gasteiger partial charge is 0.133 e. The van der Waals surface area contributed by atoms with E-state index in [4.69, 9.17) is 0 Å². The fraction of sp³-hybridized carbons (Fsp3) is 0.778. The molecule has 1 aromatic heterocycles. The van der Waals surface area contributed by atoms with E-state index in [0.29, 0.717) is 17.6 Å². The van der Waals surface area contributed by atoms with Gasteiger partial charge in [-0.05, 0) is 61.7 Å². The molecule has 114 valence electrons. The van der Waals surface area contributed by atoms with Gasteiger partial charge in [0.25, 0.3) is 0 Å². The largest absolute Gasteiger partial charge is 0.338 e. The van der Waals surface area contributed by atoms with Crippen molar-refractivity contribution >= 4 is 5.78 Å². The molecule has 0 atom stereocenters. The van der Waals surface area contributed by atoms with Gasteiger partial charge in [0, 0.05) is 38.7 Å². The van der Waals surface area contributed by atoms with Crippen molar-refractivity contribution in [3.63, 3.8) is 0 Å². The number of rotatable bonds is 5. The summed E-state index contributed by atoms with van der Waals surface area (Å²) in [5.74, 6) is 4.34. The summed E-state index contributed by atoms with van der Waals surface area (Å²) >= 11 is 0. The maximum absolute atomic E-state index is 12.5. The van der Waals surface area contributed by atoms with E-state index in [1.807, 2.05) is 24.0 Å². The van der Waals surface area contributed by atoms with Crippen LogP contribution in [0.25, 0.3) is 0 Å². The molecule has 4 aliphatic carbocycles. The lowest BCUT2D eigenvalue weighted by atomic mass is 9.48. The van der Waals surface area contributed by atoms with Crippen molar-refractivity contribution in [1.29, 1.82) is 0 Å². The first kappa shape index (κ1) is 13.5. The van der Waals surface area contributed by atoms with E-state index in [1.165, 1.54) is 38.5 Å².